The number of hydrogen-bond donors (Lipinski definition) is 0. The summed E-state index contributed by atoms with van der Waals surface area (Å²) in [4.78, 5) is 48.5. The molecule has 0 spiro atoms. The van der Waals surface area contributed by atoms with Crippen molar-refractivity contribution in [3.8, 4) is 28.7 Å². The molecule has 0 atom stereocenters. The predicted molar refractivity (Wildman–Crippen MR) is 221 cm³/mol. The normalized spacial score (nSPS) is 10.7. The van der Waals surface area contributed by atoms with Crippen molar-refractivity contribution in [3.05, 3.63) is 127 Å². The van der Waals surface area contributed by atoms with Gasteiger partial charge < -0.3 is 33.2 Å². The average Bonchev–Trinajstić information content (AvgIpc) is 3.25. The Balaban J connectivity index is 1.08. The highest BCUT2D eigenvalue weighted by Crippen LogP contribution is 2.33. The van der Waals surface area contributed by atoms with Gasteiger partial charge in [-0.15, -0.1) is 0 Å². The van der Waals surface area contributed by atoms with Gasteiger partial charge in [0.25, 0.3) is 0 Å². The number of benzene rings is 5. The molecule has 5 aromatic rings. The standard InChI is InChI=1S/C47H48O11/c1-4-44(48)55-26-12-8-6-10-24-53-39-20-18-33-28-37(16-14-35(33)30-39)46(50)57-41-22-23-42(43(32-41)52-3)58-47(51)38-17-15-36-31-40(21-19-34(36)29-38)54-25-11-7-9-13-27-56-45(49)5-2/h4-5,14-23,28-32H,1-2,6-13,24-27H2,3H3. The Morgan fingerprint density at radius 3 is 1.38 bits per heavy atom. The maximum absolute atomic E-state index is 13.2. The minimum Gasteiger partial charge on any atom is -0.494 e. The fraction of sp³-hybridized carbons (Fsp3) is 0.277. The first-order valence-electron chi connectivity index (χ1n) is 19.3. The van der Waals surface area contributed by atoms with Crippen molar-refractivity contribution in [2.75, 3.05) is 33.5 Å². The molecule has 0 amide bonds. The van der Waals surface area contributed by atoms with Crippen molar-refractivity contribution in [3.63, 3.8) is 0 Å². The molecule has 11 nitrogen and oxygen atoms in total. The molecule has 0 radical (unpaired) electrons. The van der Waals surface area contributed by atoms with E-state index >= 15 is 0 Å². The molecule has 0 saturated carbocycles. The summed E-state index contributed by atoms with van der Waals surface area (Å²) in [6.45, 7) is 8.67. The smallest absolute Gasteiger partial charge is 0.343 e. The van der Waals surface area contributed by atoms with Crippen molar-refractivity contribution in [1.82, 2.24) is 0 Å². The van der Waals surface area contributed by atoms with E-state index in [0.717, 1.165) is 96.6 Å². The van der Waals surface area contributed by atoms with E-state index < -0.39 is 23.9 Å². The summed E-state index contributed by atoms with van der Waals surface area (Å²) in [6, 6.07) is 26.5. The fourth-order valence-electron chi connectivity index (χ4n) is 5.96. The molecule has 58 heavy (non-hydrogen) atoms. The molecule has 0 unspecified atom stereocenters. The lowest BCUT2D eigenvalue weighted by Crippen LogP contribution is -2.10. The third kappa shape index (κ3) is 13.0. The molecule has 11 heteroatoms. The molecular formula is C47H48O11. The van der Waals surface area contributed by atoms with Crippen LogP contribution in [-0.2, 0) is 19.1 Å². The van der Waals surface area contributed by atoms with E-state index in [2.05, 4.69) is 13.2 Å². The molecule has 0 aromatic heterocycles. The van der Waals surface area contributed by atoms with E-state index in [0.29, 0.717) is 37.6 Å². The number of ether oxygens (including phenoxy) is 7. The Morgan fingerprint density at radius 2 is 0.897 bits per heavy atom. The Bertz CT molecular complexity index is 2220. The molecular weight excluding hydrogens is 741 g/mol. The quantitative estimate of drug-likeness (QED) is 0.0271. The monoisotopic (exact) mass is 788 g/mol. The minimum atomic E-state index is -0.574. The lowest BCUT2D eigenvalue weighted by molar-refractivity contribution is -0.138. The first-order valence-corrected chi connectivity index (χ1v) is 19.3. The van der Waals surface area contributed by atoms with Crippen molar-refractivity contribution in [2.45, 2.75) is 51.4 Å². The number of rotatable bonds is 23. The maximum atomic E-state index is 13.2. The first kappa shape index (κ1) is 42.5. The van der Waals surface area contributed by atoms with Crippen molar-refractivity contribution < 1.29 is 52.3 Å². The van der Waals surface area contributed by atoms with Crippen LogP contribution in [0.25, 0.3) is 21.5 Å². The van der Waals surface area contributed by atoms with E-state index in [-0.39, 0.29) is 17.2 Å². The van der Waals surface area contributed by atoms with Gasteiger partial charge in [-0.05, 0) is 134 Å². The zero-order valence-corrected chi connectivity index (χ0v) is 32.7. The van der Waals surface area contributed by atoms with Gasteiger partial charge in [-0.25, -0.2) is 19.2 Å². The van der Waals surface area contributed by atoms with E-state index in [1.807, 2.05) is 48.5 Å². The zero-order valence-electron chi connectivity index (χ0n) is 32.7. The van der Waals surface area contributed by atoms with Gasteiger partial charge in [-0.1, -0.05) is 37.4 Å². The molecule has 0 saturated heterocycles. The van der Waals surface area contributed by atoms with E-state index in [1.54, 1.807) is 24.3 Å². The molecule has 0 fully saturated rings. The molecule has 0 aliphatic carbocycles. The maximum Gasteiger partial charge on any atom is 0.343 e. The van der Waals surface area contributed by atoms with Crippen LogP contribution in [0.1, 0.15) is 72.1 Å². The number of carbonyl (C=O) groups is 4. The molecule has 0 bridgehead atoms. The van der Waals surface area contributed by atoms with Gasteiger partial charge >= 0.3 is 23.9 Å². The third-order valence-electron chi connectivity index (χ3n) is 9.08. The Labute approximate surface area is 338 Å². The largest absolute Gasteiger partial charge is 0.494 e. The van der Waals surface area contributed by atoms with E-state index in [4.69, 9.17) is 33.2 Å². The highest BCUT2D eigenvalue weighted by atomic mass is 16.6. The average molecular weight is 789 g/mol. The van der Waals surface area contributed by atoms with Crippen LogP contribution in [0.2, 0.25) is 0 Å². The lowest BCUT2D eigenvalue weighted by Gasteiger charge is -2.12. The van der Waals surface area contributed by atoms with Gasteiger partial charge in [0, 0.05) is 18.2 Å². The van der Waals surface area contributed by atoms with E-state index in [1.165, 1.54) is 25.3 Å². The van der Waals surface area contributed by atoms with Gasteiger partial charge in [0.2, 0.25) is 0 Å². The topological polar surface area (TPSA) is 133 Å². The Kier molecular flexibility index (Phi) is 16.3. The number of methoxy groups -OCH3 is 1. The van der Waals surface area contributed by atoms with Crippen LogP contribution in [-0.4, -0.2) is 57.4 Å². The van der Waals surface area contributed by atoms with Crippen LogP contribution < -0.4 is 23.7 Å². The summed E-state index contributed by atoms with van der Waals surface area (Å²) in [5.41, 5.74) is 0.715. The molecule has 5 aromatic carbocycles. The van der Waals surface area contributed by atoms with Gasteiger partial charge in [0.05, 0.1) is 44.7 Å². The highest BCUT2D eigenvalue weighted by Gasteiger charge is 2.17. The number of esters is 4. The second-order valence-electron chi connectivity index (χ2n) is 13.3. The van der Waals surface area contributed by atoms with Crippen LogP contribution >= 0.6 is 0 Å². The molecule has 0 aliphatic heterocycles. The van der Waals surface area contributed by atoms with Gasteiger partial charge in [-0.2, -0.15) is 0 Å². The summed E-state index contributed by atoms with van der Waals surface area (Å²) in [6.07, 6.45) is 9.44. The molecule has 0 N–H and O–H groups in total. The van der Waals surface area contributed by atoms with Crippen LogP contribution in [0.4, 0.5) is 0 Å². The SMILES string of the molecule is C=CC(=O)OCCCCCCOc1ccc2cc(C(=O)Oc3ccc(OC(=O)c4ccc5cc(OCCCCCCOC(=O)C=C)ccc5c4)c(OC)c3)ccc2c1. The third-order valence-corrected chi connectivity index (χ3v) is 9.08. The number of fused-ring (bicyclic) bond motifs is 2. The van der Waals surface area contributed by atoms with E-state index in [9.17, 15) is 19.2 Å². The first-order chi connectivity index (χ1) is 28.3. The Hall–Kier alpha value is -6.62. The molecule has 5 rings (SSSR count). The highest BCUT2D eigenvalue weighted by molar-refractivity contribution is 5.98. The van der Waals surface area contributed by atoms with Crippen molar-refractivity contribution in [2.24, 2.45) is 0 Å². The van der Waals surface area contributed by atoms with Crippen LogP contribution in [0.5, 0.6) is 28.7 Å². The fourth-order valence-corrected chi connectivity index (χ4v) is 5.96. The second-order valence-corrected chi connectivity index (χ2v) is 13.3. The number of hydrogen-bond acceptors (Lipinski definition) is 11. The van der Waals surface area contributed by atoms with Gasteiger partial charge in [0.15, 0.2) is 11.5 Å². The lowest BCUT2D eigenvalue weighted by atomic mass is 10.1. The summed E-state index contributed by atoms with van der Waals surface area (Å²) in [5, 5.41) is 3.52. The van der Waals surface area contributed by atoms with Crippen LogP contribution in [0.15, 0.2) is 116 Å². The van der Waals surface area contributed by atoms with Crippen LogP contribution in [0, 0.1) is 0 Å². The minimum absolute atomic E-state index is 0.171. The van der Waals surface area contributed by atoms with Gasteiger partial charge in [-0.3, -0.25) is 0 Å². The molecule has 0 aliphatic rings. The summed E-state index contributed by atoms with van der Waals surface area (Å²) in [7, 11) is 1.44. The van der Waals surface area contributed by atoms with Gasteiger partial charge in [0.1, 0.15) is 17.2 Å². The zero-order chi connectivity index (χ0) is 41.1. The number of unbranched alkanes of at least 4 members (excludes halogenated alkanes) is 6. The summed E-state index contributed by atoms with van der Waals surface area (Å²) in [5.74, 6) is 0.145. The van der Waals surface area contributed by atoms with Crippen molar-refractivity contribution in [1.29, 1.82) is 0 Å². The molecule has 302 valence electrons. The molecule has 0 heterocycles. The van der Waals surface area contributed by atoms with Crippen LogP contribution in [0.3, 0.4) is 0 Å². The van der Waals surface area contributed by atoms with Crippen molar-refractivity contribution >= 4 is 45.4 Å². The summed E-state index contributed by atoms with van der Waals surface area (Å²) < 4.78 is 38.6. The summed E-state index contributed by atoms with van der Waals surface area (Å²) >= 11 is 0. The predicted octanol–water partition coefficient (Wildman–Crippen LogP) is 9.78. The second kappa shape index (κ2) is 22.2. The Morgan fingerprint density at radius 1 is 0.466 bits per heavy atom. The number of carbonyl (C=O) groups excluding carboxylic acids is 4.